The van der Waals surface area contributed by atoms with Gasteiger partial charge < -0.3 is 10.6 Å². The Hall–Kier alpha value is -2.31. The summed E-state index contributed by atoms with van der Waals surface area (Å²) >= 11 is 10.8. The van der Waals surface area contributed by atoms with Crippen LogP contribution in [0.25, 0.3) is 11.4 Å². The minimum absolute atomic E-state index is 0.373. The Morgan fingerprint density at radius 2 is 1.82 bits per heavy atom. The van der Waals surface area contributed by atoms with Gasteiger partial charge in [0.05, 0.1) is 0 Å². The predicted molar refractivity (Wildman–Crippen MR) is 88.8 cm³/mol. The number of nitrogen functional groups attached to an aromatic ring is 1. The summed E-state index contributed by atoms with van der Waals surface area (Å²) in [5, 5.41) is 7.45. The maximum Gasteiger partial charge on any atom is 0.214 e. The normalized spacial score (nSPS) is 10.6. The molecule has 22 heavy (non-hydrogen) atoms. The van der Waals surface area contributed by atoms with Gasteiger partial charge in [-0.1, -0.05) is 23.7 Å². The largest absolute Gasteiger partial charge is 0.489 e. The molecule has 1 aromatic heterocycles. The van der Waals surface area contributed by atoms with E-state index in [0.717, 1.165) is 16.9 Å². The summed E-state index contributed by atoms with van der Waals surface area (Å²) in [5.41, 5.74) is 1.91. The van der Waals surface area contributed by atoms with Crippen LogP contribution in [0.1, 0.15) is 5.56 Å². The van der Waals surface area contributed by atoms with E-state index in [9.17, 15) is 0 Å². The maximum atomic E-state index is 5.85. The highest BCUT2D eigenvalue weighted by Crippen LogP contribution is 2.21. The highest BCUT2D eigenvalue weighted by Gasteiger charge is 2.06. The summed E-state index contributed by atoms with van der Waals surface area (Å²) in [7, 11) is 0. The highest BCUT2D eigenvalue weighted by atomic mass is 35.5. The summed E-state index contributed by atoms with van der Waals surface area (Å²) in [4.78, 5) is 0. The maximum absolute atomic E-state index is 5.85. The number of H-pyrrole nitrogens is 1. The van der Waals surface area contributed by atoms with Crippen molar-refractivity contribution in [3.63, 3.8) is 0 Å². The topological polar surface area (TPSA) is 68.9 Å². The summed E-state index contributed by atoms with van der Waals surface area (Å²) in [6.45, 7) is 0.478. The molecule has 7 heteroatoms. The molecule has 0 spiro atoms. The number of aromatic amines is 1. The highest BCUT2D eigenvalue weighted by molar-refractivity contribution is 7.71. The Morgan fingerprint density at radius 3 is 2.41 bits per heavy atom. The smallest absolute Gasteiger partial charge is 0.214 e. The number of ether oxygens (including phenoxy) is 1. The molecule has 0 unspecified atom stereocenters. The van der Waals surface area contributed by atoms with E-state index in [4.69, 9.17) is 34.4 Å². The lowest BCUT2D eigenvalue weighted by Crippen LogP contribution is -2.09. The number of nitrogens with two attached hydrogens (primary N) is 1. The van der Waals surface area contributed by atoms with Gasteiger partial charge in [-0.05, 0) is 54.2 Å². The molecule has 3 aromatic rings. The second-order valence-electron chi connectivity index (χ2n) is 4.66. The van der Waals surface area contributed by atoms with Crippen molar-refractivity contribution in [2.24, 2.45) is 0 Å². The van der Waals surface area contributed by atoms with E-state index in [-0.39, 0.29) is 0 Å². The minimum atomic E-state index is 0.373. The molecule has 5 nitrogen and oxygen atoms in total. The summed E-state index contributed by atoms with van der Waals surface area (Å²) < 4.78 is 7.43. The van der Waals surface area contributed by atoms with E-state index in [0.29, 0.717) is 22.2 Å². The SMILES string of the molecule is Nn1c(-c2ccc(OCc3ccc(Cl)cc3)cc2)n[nH]c1=S. The Kier molecular flexibility index (Phi) is 4.13. The lowest BCUT2D eigenvalue weighted by atomic mass is 10.2. The van der Waals surface area contributed by atoms with Gasteiger partial charge in [-0.2, -0.15) is 5.10 Å². The number of hydrogen-bond donors (Lipinski definition) is 2. The van der Waals surface area contributed by atoms with E-state index < -0.39 is 0 Å². The molecular formula is C15H13ClN4OS. The number of rotatable bonds is 4. The average Bonchev–Trinajstić information content (AvgIpc) is 2.87. The second kappa shape index (κ2) is 6.21. The van der Waals surface area contributed by atoms with Crippen LogP contribution in [0.2, 0.25) is 5.02 Å². The van der Waals surface area contributed by atoms with Crippen LogP contribution in [-0.2, 0) is 6.61 Å². The third-order valence-corrected chi connectivity index (χ3v) is 3.68. The lowest BCUT2D eigenvalue weighted by Gasteiger charge is -2.07. The fourth-order valence-electron chi connectivity index (χ4n) is 1.96. The van der Waals surface area contributed by atoms with Crippen molar-refractivity contribution in [1.82, 2.24) is 14.9 Å². The zero-order valence-electron chi connectivity index (χ0n) is 11.5. The van der Waals surface area contributed by atoms with Crippen molar-refractivity contribution in [3.8, 4) is 17.1 Å². The van der Waals surface area contributed by atoms with E-state index >= 15 is 0 Å². The molecule has 0 saturated heterocycles. The van der Waals surface area contributed by atoms with Gasteiger partial charge in [0.1, 0.15) is 12.4 Å². The van der Waals surface area contributed by atoms with Crippen LogP contribution in [-0.4, -0.2) is 14.9 Å². The molecule has 1 heterocycles. The number of nitrogens with one attached hydrogen (secondary N) is 1. The summed E-state index contributed by atoms with van der Waals surface area (Å²) in [6, 6.07) is 15.0. The van der Waals surface area contributed by atoms with Gasteiger partial charge in [0.15, 0.2) is 5.82 Å². The number of benzene rings is 2. The first kappa shape index (κ1) is 14.6. The number of hydrogen-bond acceptors (Lipinski definition) is 4. The first-order valence-electron chi connectivity index (χ1n) is 6.53. The van der Waals surface area contributed by atoms with Crippen LogP contribution in [0.4, 0.5) is 0 Å². The molecule has 0 fully saturated rings. The Bertz CT molecular complexity index is 824. The Labute approximate surface area is 137 Å². The molecule has 112 valence electrons. The van der Waals surface area contributed by atoms with E-state index in [2.05, 4.69) is 10.2 Å². The van der Waals surface area contributed by atoms with Gasteiger partial charge in [0.2, 0.25) is 4.77 Å². The number of aromatic nitrogens is 3. The molecule has 0 aliphatic carbocycles. The Morgan fingerprint density at radius 1 is 1.14 bits per heavy atom. The molecule has 3 rings (SSSR count). The van der Waals surface area contributed by atoms with Crippen molar-refractivity contribution in [1.29, 1.82) is 0 Å². The lowest BCUT2D eigenvalue weighted by molar-refractivity contribution is 0.306. The molecule has 0 radical (unpaired) electrons. The first-order valence-corrected chi connectivity index (χ1v) is 7.32. The number of halogens is 1. The molecule has 0 aliphatic rings. The summed E-state index contributed by atoms with van der Waals surface area (Å²) in [5.74, 6) is 7.13. The van der Waals surface area contributed by atoms with Crippen molar-refractivity contribution in [2.75, 3.05) is 5.84 Å². The molecule has 0 atom stereocenters. The summed E-state index contributed by atoms with van der Waals surface area (Å²) in [6.07, 6.45) is 0. The zero-order valence-corrected chi connectivity index (χ0v) is 13.1. The predicted octanol–water partition coefficient (Wildman–Crippen LogP) is 3.55. The fourth-order valence-corrected chi connectivity index (χ4v) is 2.21. The van der Waals surface area contributed by atoms with Gasteiger partial charge in [-0.25, -0.2) is 9.77 Å². The molecular weight excluding hydrogens is 320 g/mol. The molecule has 0 saturated carbocycles. The Balaban J connectivity index is 1.70. The minimum Gasteiger partial charge on any atom is -0.489 e. The van der Waals surface area contributed by atoms with Crippen LogP contribution in [0.5, 0.6) is 5.75 Å². The third kappa shape index (κ3) is 3.13. The van der Waals surface area contributed by atoms with E-state index in [1.54, 1.807) is 0 Å². The van der Waals surface area contributed by atoms with Crippen molar-refractivity contribution in [3.05, 3.63) is 63.9 Å². The van der Waals surface area contributed by atoms with Crippen LogP contribution < -0.4 is 10.6 Å². The molecule has 2 aromatic carbocycles. The molecule has 0 bridgehead atoms. The van der Waals surface area contributed by atoms with Gasteiger partial charge in [0.25, 0.3) is 0 Å². The first-order chi connectivity index (χ1) is 10.6. The van der Waals surface area contributed by atoms with Gasteiger partial charge in [-0.3, -0.25) is 0 Å². The van der Waals surface area contributed by atoms with Crippen LogP contribution in [0.15, 0.2) is 48.5 Å². The molecule has 0 aliphatic heterocycles. The van der Waals surface area contributed by atoms with E-state index in [1.807, 2.05) is 48.5 Å². The zero-order chi connectivity index (χ0) is 15.5. The third-order valence-electron chi connectivity index (χ3n) is 3.14. The van der Waals surface area contributed by atoms with Gasteiger partial charge in [0, 0.05) is 10.6 Å². The van der Waals surface area contributed by atoms with Crippen molar-refractivity contribution in [2.45, 2.75) is 6.61 Å². The fraction of sp³-hybridized carbons (Fsp3) is 0.0667. The standard InChI is InChI=1S/C15H13ClN4OS/c16-12-5-1-10(2-6-12)9-21-13-7-3-11(4-8-13)14-18-19-15(22)20(14)17/h1-8H,9,17H2,(H,19,22). The van der Waals surface area contributed by atoms with Crippen LogP contribution in [0.3, 0.4) is 0 Å². The molecule has 3 N–H and O–H groups in total. The van der Waals surface area contributed by atoms with Crippen LogP contribution in [0, 0.1) is 4.77 Å². The van der Waals surface area contributed by atoms with E-state index in [1.165, 1.54) is 4.68 Å². The average molecular weight is 333 g/mol. The van der Waals surface area contributed by atoms with Crippen molar-refractivity contribution >= 4 is 23.8 Å². The van der Waals surface area contributed by atoms with Gasteiger partial charge >= 0.3 is 0 Å². The van der Waals surface area contributed by atoms with Gasteiger partial charge in [-0.15, -0.1) is 0 Å². The van der Waals surface area contributed by atoms with Crippen LogP contribution >= 0.6 is 23.8 Å². The quantitative estimate of drug-likeness (QED) is 0.566. The molecule has 0 amide bonds. The monoisotopic (exact) mass is 332 g/mol. The number of nitrogens with zero attached hydrogens (tertiary/aromatic N) is 2. The van der Waals surface area contributed by atoms with Crippen molar-refractivity contribution < 1.29 is 4.74 Å². The second-order valence-corrected chi connectivity index (χ2v) is 5.49.